The summed E-state index contributed by atoms with van der Waals surface area (Å²) in [6.07, 6.45) is -0.621. The van der Waals surface area contributed by atoms with Gasteiger partial charge in [0.25, 0.3) is 5.91 Å². The second-order valence-corrected chi connectivity index (χ2v) is 15.4. The number of carboxylic acids is 1. The van der Waals surface area contributed by atoms with E-state index < -0.39 is 108 Å². The Hall–Kier alpha value is -7.05. The molecule has 6 N–H and O–H groups in total. The number of benzene rings is 2. The number of carbonyl (C=O) groups excluding carboxylic acids is 7. The van der Waals surface area contributed by atoms with E-state index in [0.717, 1.165) is 5.69 Å². The molecule has 0 aliphatic carbocycles. The van der Waals surface area contributed by atoms with Gasteiger partial charge in [0.15, 0.2) is 11.7 Å². The zero-order valence-electron chi connectivity index (χ0n) is 35.1. The minimum absolute atomic E-state index is 0.0364. The number of anilines is 1. The summed E-state index contributed by atoms with van der Waals surface area (Å²) >= 11 is 0. The van der Waals surface area contributed by atoms with Crippen LogP contribution in [0.3, 0.4) is 0 Å². The number of esters is 1. The van der Waals surface area contributed by atoms with Crippen LogP contribution in [-0.4, -0.2) is 136 Å². The summed E-state index contributed by atoms with van der Waals surface area (Å²) in [5, 5.41) is 30.3. The zero-order valence-corrected chi connectivity index (χ0v) is 35.1. The van der Waals surface area contributed by atoms with Crippen LogP contribution in [-0.2, 0) is 44.7 Å². The first-order valence-corrected chi connectivity index (χ1v) is 20.2. The van der Waals surface area contributed by atoms with E-state index in [1.165, 1.54) is 54.2 Å². The molecule has 3 heterocycles. The average Bonchev–Trinajstić information content (AvgIpc) is 3.74. The number of nitrogens with zero attached hydrogens (tertiary/aromatic N) is 4. The lowest BCUT2D eigenvalue weighted by Crippen LogP contribution is -2.60. The molecule has 0 radical (unpaired) electrons. The molecule has 2 fully saturated rings. The molecular weight excluding hydrogens is 805 g/mol. The van der Waals surface area contributed by atoms with Crippen molar-refractivity contribution in [2.75, 3.05) is 32.6 Å². The van der Waals surface area contributed by atoms with Crippen LogP contribution < -0.4 is 26.2 Å². The summed E-state index contributed by atoms with van der Waals surface area (Å²) in [5.41, 5.74) is 1.21. The van der Waals surface area contributed by atoms with Crippen molar-refractivity contribution in [3.63, 3.8) is 0 Å². The maximum atomic E-state index is 14.5. The summed E-state index contributed by atoms with van der Waals surface area (Å²) in [6.45, 7) is 3.04. The number of likely N-dealkylation sites (N-methyl/N-ethyl adjacent to an activating group) is 1. The van der Waals surface area contributed by atoms with E-state index in [9.17, 15) is 48.6 Å². The van der Waals surface area contributed by atoms with E-state index in [2.05, 4.69) is 26.3 Å². The number of cyclic esters (lactones) is 1. The molecule has 0 saturated carbocycles. The van der Waals surface area contributed by atoms with Crippen molar-refractivity contribution < 1.29 is 53.3 Å². The van der Waals surface area contributed by atoms with Crippen molar-refractivity contribution in [1.82, 2.24) is 36.1 Å². The number of carboxylic acid groups (broad SMARTS) is 1. The summed E-state index contributed by atoms with van der Waals surface area (Å²) < 4.78 is 5.75. The van der Waals surface area contributed by atoms with Crippen LogP contribution in [0.25, 0.3) is 0 Å². The highest BCUT2D eigenvalue weighted by molar-refractivity contribution is 6.00. The fraction of sp³-hybridized carbons (Fsp3) is 0.419. The molecule has 2 aliphatic heterocycles. The van der Waals surface area contributed by atoms with E-state index in [0.29, 0.717) is 12.0 Å². The van der Waals surface area contributed by atoms with Gasteiger partial charge in [-0.05, 0) is 61.6 Å². The maximum Gasteiger partial charge on any atom is 0.333 e. The minimum Gasteiger partial charge on any atom is -0.505 e. The van der Waals surface area contributed by atoms with Gasteiger partial charge in [0.2, 0.25) is 29.5 Å². The quantitative estimate of drug-likeness (QED) is 0.162. The number of carbonyl (C=O) groups is 8. The van der Waals surface area contributed by atoms with Crippen LogP contribution in [0.2, 0.25) is 0 Å². The smallest absolute Gasteiger partial charge is 0.333 e. The highest BCUT2D eigenvalue weighted by Gasteiger charge is 2.43. The molecule has 19 nitrogen and oxygen atoms in total. The molecule has 0 spiro atoms. The minimum atomic E-state index is -1.78. The van der Waals surface area contributed by atoms with Gasteiger partial charge < -0.3 is 50.9 Å². The van der Waals surface area contributed by atoms with Crippen molar-refractivity contribution in [3.05, 3.63) is 89.7 Å². The van der Waals surface area contributed by atoms with Crippen LogP contribution in [0.5, 0.6) is 5.75 Å². The van der Waals surface area contributed by atoms with Gasteiger partial charge in [0.1, 0.15) is 42.1 Å². The molecule has 0 bridgehead atoms. The molecule has 19 heteroatoms. The fourth-order valence-electron chi connectivity index (χ4n) is 7.35. The van der Waals surface area contributed by atoms with Crippen LogP contribution in [0.15, 0.2) is 72.9 Å². The summed E-state index contributed by atoms with van der Waals surface area (Å²) in [5.74, 6) is -8.33. The highest BCUT2D eigenvalue weighted by atomic mass is 16.5. The van der Waals surface area contributed by atoms with Gasteiger partial charge >= 0.3 is 11.9 Å². The molecule has 7 atom stereocenters. The molecule has 2 saturated heterocycles. The van der Waals surface area contributed by atoms with Crippen molar-refractivity contribution in [2.45, 2.75) is 88.3 Å². The van der Waals surface area contributed by atoms with Crippen molar-refractivity contribution >= 4 is 53.1 Å². The Kier molecular flexibility index (Phi) is 15.2. The number of rotatable bonds is 9. The number of aromatic nitrogens is 1. The number of hydrogen-bond donors (Lipinski definition) is 6. The average molecular weight is 857 g/mol. The largest absolute Gasteiger partial charge is 0.505 e. The van der Waals surface area contributed by atoms with Gasteiger partial charge in [-0.2, -0.15) is 0 Å². The summed E-state index contributed by atoms with van der Waals surface area (Å²) in [6, 6.07) is 8.70. The number of amides is 6. The Bertz CT molecular complexity index is 2150. The standard InChI is InChI=1S/C43H52N8O11/c1-6-28-41(59)51-21-11-14-30(51)42(60)50(5)31(22-25-16-18-27(19-17-25)49(3)4)38(56)46-29(23-33(53)54)37(55)48-35(26-12-8-7-9-13-26)43(61)62-24(2)34(39(57)45-28)47-40(58)36-32(52)15-10-20-44-36/h7-10,12-13,15-20,24,28-31,34-35,52H,6,11,14,21-23H2,1-5H3,(H,45,57)(H,46,56)(H,47,58)(H,48,55)(H,53,54)/t24-,28-,29+,30-,31+,34+,35-/m1/s1. The predicted octanol–water partition coefficient (Wildman–Crippen LogP) is 0.669. The lowest BCUT2D eigenvalue weighted by molar-refractivity contribution is -0.155. The topological polar surface area (TPSA) is 257 Å². The van der Waals surface area contributed by atoms with Gasteiger partial charge in [-0.1, -0.05) is 49.4 Å². The number of ether oxygens (including phenoxy) is 1. The summed E-state index contributed by atoms with van der Waals surface area (Å²) in [7, 11) is 5.09. The number of hydrogen-bond acceptors (Lipinski definition) is 12. The molecule has 6 amide bonds. The molecule has 5 rings (SSSR count). The molecule has 0 unspecified atom stereocenters. The number of aromatic hydroxyl groups is 1. The van der Waals surface area contributed by atoms with Crippen molar-refractivity contribution in [1.29, 1.82) is 0 Å². The van der Waals surface area contributed by atoms with E-state index in [-0.39, 0.29) is 31.4 Å². The Morgan fingerprint density at radius 3 is 2.19 bits per heavy atom. The zero-order chi connectivity index (χ0) is 45.2. The van der Waals surface area contributed by atoms with E-state index in [1.54, 1.807) is 37.3 Å². The lowest BCUT2D eigenvalue weighted by Gasteiger charge is -2.34. The molecule has 62 heavy (non-hydrogen) atoms. The van der Waals surface area contributed by atoms with Crippen LogP contribution in [0, 0.1) is 0 Å². The number of pyridine rings is 1. The first kappa shape index (κ1) is 46.0. The molecule has 330 valence electrons. The van der Waals surface area contributed by atoms with Gasteiger partial charge in [-0.3, -0.25) is 33.6 Å². The molecule has 2 aliphatic rings. The normalized spacial score (nSPS) is 24.3. The van der Waals surface area contributed by atoms with Gasteiger partial charge in [0, 0.05) is 46.0 Å². The third-order valence-electron chi connectivity index (χ3n) is 10.9. The summed E-state index contributed by atoms with van der Waals surface area (Å²) in [4.78, 5) is 119. The first-order chi connectivity index (χ1) is 29.5. The SMILES string of the molecule is CC[C@H]1NC(=O)[C@@H](NC(=O)c2ncccc2O)[C@@H](C)OC(=O)[C@@H](c2ccccc2)NC(=O)[C@H](CC(=O)O)NC(=O)[C@H](Cc2ccc(N(C)C)cc2)N(C)C(=O)[C@H]2CCCN2C1=O. The number of nitrogens with one attached hydrogen (secondary N) is 4. The predicted molar refractivity (Wildman–Crippen MR) is 222 cm³/mol. The van der Waals surface area contributed by atoms with Crippen LogP contribution in [0.4, 0.5) is 5.69 Å². The van der Waals surface area contributed by atoms with E-state index in [4.69, 9.17) is 4.74 Å². The highest BCUT2D eigenvalue weighted by Crippen LogP contribution is 2.24. The van der Waals surface area contributed by atoms with E-state index in [1.807, 2.05) is 31.1 Å². The monoisotopic (exact) mass is 856 g/mol. The van der Waals surface area contributed by atoms with Crippen molar-refractivity contribution in [2.24, 2.45) is 0 Å². The lowest BCUT2D eigenvalue weighted by atomic mass is 10.0. The van der Waals surface area contributed by atoms with E-state index >= 15 is 0 Å². The van der Waals surface area contributed by atoms with Gasteiger partial charge in [0.05, 0.1) is 6.42 Å². The maximum absolute atomic E-state index is 14.5. The number of fused-ring (bicyclic) bond motifs is 1. The Morgan fingerprint density at radius 2 is 1.56 bits per heavy atom. The second kappa shape index (κ2) is 20.5. The third-order valence-corrected chi connectivity index (χ3v) is 10.9. The van der Waals surface area contributed by atoms with Crippen LogP contribution in [0.1, 0.15) is 67.2 Å². The molecular formula is C43H52N8O11. The fourth-order valence-corrected chi connectivity index (χ4v) is 7.35. The molecule has 1 aromatic heterocycles. The molecule has 2 aromatic carbocycles. The Morgan fingerprint density at radius 1 is 0.887 bits per heavy atom. The Labute approximate surface area is 358 Å². The third kappa shape index (κ3) is 11.0. The molecule has 3 aromatic rings. The Balaban J connectivity index is 1.59. The van der Waals surface area contributed by atoms with Crippen molar-refractivity contribution in [3.8, 4) is 5.75 Å². The number of aliphatic carboxylic acids is 1. The first-order valence-electron chi connectivity index (χ1n) is 20.2. The second-order valence-electron chi connectivity index (χ2n) is 15.4. The van der Waals surface area contributed by atoms with Crippen LogP contribution >= 0.6 is 0 Å². The van der Waals surface area contributed by atoms with Gasteiger partial charge in [-0.25, -0.2) is 9.78 Å². The van der Waals surface area contributed by atoms with Gasteiger partial charge in [-0.15, -0.1) is 0 Å².